The Morgan fingerprint density at radius 2 is 2.00 bits per heavy atom. The summed E-state index contributed by atoms with van der Waals surface area (Å²) >= 11 is 0. The van der Waals surface area contributed by atoms with Gasteiger partial charge in [0.25, 0.3) is 0 Å². The number of allylic oxidation sites excluding steroid dienone is 2. The van der Waals surface area contributed by atoms with Gasteiger partial charge in [-0.1, -0.05) is 37.4 Å². The molecule has 0 fully saturated rings. The van der Waals surface area contributed by atoms with Crippen molar-refractivity contribution < 1.29 is 5.11 Å². The summed E-state index contributed by atoms with van der Waals surface area (Å²) < 4.78 is 0. The van der Waals surface area contributed by atoms with Gasteiger partial charge in [-0.05, 0) is 19.4 Å². The molecule has 0 aromatic heterocycles. The van der Waals surface area contributed by atoms with Gasteiger partial charge in [0.15, 0.2) is 0 Å². The molecule has 14 heavy (non-hydrogen) atoms. The minimum Gasteiger partial charge on any atom is -0.396 e. The van der Waals surface area contributed by atoms with Crippen molar-refractivity contribution in [2.24, 2.45) is 5.92 Å². The van der Waals surface area contributed by atoms with Crippen molar-refractivity contribution in [1.82, 2.24) is 0 Å². The fourth-order valence-corrected chi connectivity index (χ4v) is 2.10. The second kappa shape index (κ2) is 6.20. The molecule has 0 amide bonds. The highest BCUT2D eigenvalue weighted by Gasteiger charge is 2.10. The first-order valence-corrected chi connectivity index (χ1v) is 8.98. The van der Waals surface area contributed by atoms with Crippen molar-refractivity contribution in [2.75, 3.05) is 6.61 Å². The van der Waals surface area contributed by atoms with E-state index < -0.39 is 8.07 Å². The van der Waals surface area contributed by atoms with Gasteiger partial charge in [-0.2, -0.15) is 0 Å². The first-order chi connectivity index (χ1) is 6.35. The normalized spacial score (nSPS) is 14.6. The van der Waals surface area contributed by atoms with Gasteiger partial charge in [0.05, 0.1) is 0 Å². The largest absolute Gasteiger partial charge is 0.396 e. The second-order valence-electron chi connectivity index (χ2n) is 5.30. The molecule has 82 valence electrons. The maximum absolute atomic E-state index is 9.12. The molecule has 0 radical (unpaired) electrons. The predicted molar refractivity (Wildman–Crippen MR) is 67.3 cm³/mol. The summed E-state index contributed by atoms with van der Waals surface area (Å²) in [6.45, 7) is 13.2. The zero-order valence-corrected chi connectivity index (χ0v) is 11.0. The van der Waals surface area contributed by atoms with Gasteiger partial charge in [-0.3, -0.25) is 0 Å². The molecule has 0 spiro atoms. The lowest BCUT2D eigenvalue weighted by Crippen LogP contribution is -2.17. The first kappa shape index (κ1) is 13.7. The Balaban J connectivity index is 3.98. The van der Waals surface area contributed by atoms with Crippen LogP contribution in [0.5, 0.6) is 0 Å². The zero-order chi connectivity index (χ0) is 11.2. The summed E-state index contributed by atoms with van der Waals surface area (Å²) in [6, 6.07) is 1.19. The summed E-state index contributed by atoms with van der Waals surface area (Å²) in [5.41, 5.74) is 1.14. The van der Waals surface area contributed by atoms with Gasteiger partial charge in [0, 0.05) is 20.6 Å². The number of rotatable bonds is 6. The van der Waals surface area contributed by atoms with Crippen molar-refractivity contribution >= 4 is 8.07 Å². The van der Waals surface area contributed by atoms with Crippen LogP contribution in [0, 0.1) is 5.92 Å². The summed E-state index contributed by atoms with van der Waals surface area (Å²) in [6.07, 6.45) is 5.28. The number of aliphatic hydroxyl groups is 1. The molecule has 0 aromatic carbocycles. The van der Waals surface area contributed by atoms with Gasteiger partial charge in [-0.15, -0.1) is 6.58 Å². The van der Waals surface area contributed by atoms with Crippen molar-refractivity contribution in [3.05, 3.63) is 24.3 Å². The van der Waals surface area contributed by atoms with Gasteiger partial charge in [0.2, 0.25) is 0 Å². The Kier molecular flexibility index (Phi) is 6.05. The quantitative estimate of drug-likeness (QED) is 0.528. The highest BCUT2D eigenvalue weighted by atomic mass is 28.3. The number of hydrogen-bond acceptors (Lipinski definition) is 1. The fraction of sp³-hybridized carbons (Fsp3) is 0.667. The van der Waals surface area contributed by atoms with E-state index in [2.05, 4.69) is 38.4 Å². The average molecular weight is 212 g/mol. The Hall–Kier alpha value is -0.343. The van der Waals surface area contributed by atoms with Crippen LogP contribution in [0.2, 0.25) is 25.7 Å². The van der Waals surface area contributed by atoms with E-state index in [1.807, 2.05) is 6.92 Å². The van der Waals surface area contributed by atoms with E-state index >= 15 is 0 Å². The van der Waals surface area contributed by atoms with Crippen molar-refractivity contribution in [3.8, 4) is 0 Å². The molecule has 1 N–H and O–H groups in total. The molecule has 0 aliphatic carbocycles. The summed E-state index contributed by atoms with van der Waals surface area (Å²) in [4.78, 5) is 0. The van der Waals surface area contributed by atoms with Gasteiger partial charge < -0.3 is 5.11 Å². The van der Waals surface area contributed by atoms with Crippen molar-refractivity contribution in [3.63, 3.8) is 0 Å². The molecule has 0 saturated heterocycles. The minimum atomic E-state index is -0.968. The third-order valence-electron chi connectivity index (χ3n) is 1.98. The summed E-state index contributed by atoms with van der Waals surface area (Å²) in [5.74, 6) is 0.267. The molecular formula is C12H24OSi. The van der Waals surface area contributed by atoms with Crippen LogP contribution >= 0.6 is 0 Å². The maximum Gasteiger partial charge on any atom is 0.0496 e. The smallest absolute Gasteiger partial charge is 0.0496 e. The van der Waals surface area contributed by atoms with Crippen LogP contribution < -0.4 is 0 Å². The number of aliphatic hydroxyl groups excluding tert-OH is 1. The van der Waals surface area contributed by atoms with Gasteiger partial charge in [0.1, 0.15) is 0 Å². The van der Waals surface area contributed by atoms with Crippen molar-refractivity contribution in [2.45, 2.75) is 39.0 Å². The lowest BCUT2D eigenvalue weighted by Gasteiger charge is -2.13. The molecule has 0 heterocycles. The van der Waals surface area contributed by atoms with Crippen LogP contribution in [0.3, 0.4) is 0 Å². The summed E-state index contributed by atoms with van der Waals surface area (Å²) in [7, 11) is -0.968. The van der Waals surface area contributed by atoms with Gasteiger partial charge >= 0.3 is 0 Å². The minimum absolute atomic E-state index is 0.231. The Bertz CT molecular complexity index is 201. The van der Waals surface area contributed by atoms with Crippen LogP contribution in [0.1, 0.15) is 13.3 Å². The average Bonchev–Trinajstić information content (AvgIpc) is 1.99. The Morgan fingerprint density at radius 1 is 1.43 bits per heavy atom. The van der Waals surface area contributed by atoms with E-state index in [1.54, 1.807) is 0 Å². The van der Waals surface area contributed by atoms with Crippen LogP contribution in [0.25, 0.3) is 0 Å². The third kappa shape index (κ3) is 8.26. The van der Waals surface area contributed by atoms with E-state index in [9.17, 15) is 0 Å². The lowest BCUT2D eigenvalue weighted by molar-refractivity contribution is 0.252. The molecule has 0 rings (SSSR count). The molecule has 2 heteroatoms. The molecule has 0 aliphatic rings. The zero-order valence-electron chi connectivity index (χ0n) is 10.0. The highest BCUT2D eigenvalue weighted by molar-refractivity contribution is 6.76. The van der Waals surface area contributed by atoms with E-state index in [-0.39, 0.29) is 12.5 Å². The lowest BCUT2D eigenvalue weighted by atomic mass is 10.0. The van der Waals surface area contributed by atoms with Gasteiger partial charge in [-0.25, -0.2) is 0 Å². The molecule has 0 saturated carbocycles. The van der Waals surface area contributed by atoms with E-state index in [4.69, 9.17) is 5.11 Å². The third-order valence-corrected chi connectivity index (χ3v) is 3.44. The monoisotopic (exact) mass is 212 g/mol. The van der Waals surface area contributed by atoms with Crippen LogP contribution in [-0.4, -0.2) is 19.8 Å². The number of hydrogen-bond donors (Lipinski definition) is 1. The standard InChI is InChI=1S/C12H24OSi/c1-11(2)9-12(10-13)7-6-8-14(3,4)5/h6-7,12-13H,1,8-10H2,2-5H3/b7-6+. The highest BCUT2D eigenvalue weighted by Crippen LogP contribution is 2.14. The molecule has 0 bridgehead atoms. The second-order valence-corrected chi connectivity index (χ2v) is 10.8. The molecule has 1 nitrogen and oxygen atoms in total. The van der Waals surface area contributed by atoms with Crippen molar-refractivity contribution in [1.29, 1.82) is 0 Å². The van der Waals surface area contributed by atoms with Crippen LogP contribution in [0.15, 0.2) is 24.3 Å². The first-order valence-electron chi connectivity index (χ1n) is 5.27. The molecular weight excluding hydrogens is 188 g/mol. The predicted octanol–water partition coefficient (Wildman–Crippen LogP) is 3.46. The van der Waals surface area contributed by atoms with Crippen LogP contribution in [0.4, 0.5) is 0 Å². The molecule has 1 unspecified atom stereocenters. The molecule has 0 aromatic rings. The molecule has 1 atom stereocenters. The Morgan fingerprint density at radius 3 is 2.36 bits per heavy atom. The van der Waals surface area contributed by atoms with E-state index in [0.717, 1.165) is 12.0 Å². The summed E-state index contributed by atoms with van der Waals surface area (Å²) in [5, 5.41) is 9.12. The van der Waals surface area contributed by atoms with Crippen LogP contribution in [-0.2, 0) is 0 Å². The Labute approximate surface area is 89.5 Å². The fourth-order valence-electron chi connectivity index (χ4n) is 1.26. The SMILES string of the molecule is C=C(C)CC(/C=C/C[Si](C)(C)C)CO. The topological polar surface area (TPSA) is 20.2 Å². The maximum atomic E-state index is 9.12. The molecule has 0 aliphatic heterocycles. The van der Waals surface area contributed by atoms with E-state index in [1.165, 1.54) is 6.04 Å². The van der Waals surface area contributed by atoms with E-state index in [0.29, 0.717) is 0 Å².